The van der Waals surface area contributed by atoms with Gasteiger partial charge in [0, 0.05) is 0 Å². The number of ketones is 1. The fourth-order valence-electron chi connectivity index (χ4n) is 1.70. The van der Waals surface area contributed by atoms with E-state index in [-0.39, 0.29) is 5.71 Å². The Morgan fingerprint density at radius 2 is 1.90 bits per heavy atom. The van der Waals surface area contributed by atoms with E-state index in [2.05, 4.69) is 5.16 Å². The van der Waals surface area contributed by atoms with Crippen LogP contribution in [0.3, 0.4) is 0 Å². The van der Waals surface area contributed by atoms with Gasteiger partial charge in [-0.05, 0) is 30.7 Å². The normalized spacial score (nSPS) is 22.9. The van der Waals surface area contributed by atoms with Gasteiger partial charge in [0.05, 0.1) is 5.56 Å². The van der Waals surface area contributed by atoms with Crippen LogP contribution in [-0.2, 0) is 9.63 Å². The molecule has 4 nitrogen and oxygen atoms in total. The minimum atomic E-state index is -1.83. The van der Waals surface area contributed by atoms with Crippen LogP contribution in [0.4, 0.5) is 0 Å². The first-order chi connectivity index (χ1) is 9.84. The molecule has 1 aliphatic carbocycles. The molecule has 0 spiro atoms. The fraction of sp³-hybridized carbons (Fsp3) is 0.214. The maximum absolute atomic E-state index is 11.8. The van der Waals surface area contributed by atoms with Crippen molar-refractivity contribution in [3.63, 3.8) is 0 Å². The number of nitrogens with zero attached hydrogens (tertiary/aromatic N) is 1. The highest BCUT2D eigenvalue weighted by molar-refractivity contribution is 6.66. The van der Waals surface area contributed by atoms with E-state index in [0.29, 0.717) is 11.1 Å². The summed E-state index contributed by atoms with van der Waals surface area (Å²) in [5.41, 5.74) is 0.924. The van der Waals surface area contributed by atoms with Crippen molar-refractivity contribution < 1.29 is 14.4 Å². The van der Waals surface area contributed by atoms with Crippen LogP contribution in [0.25, 0.3) is 0 Å². The Morgan fingerprint density at radius 1 is 1.29 bits per heavy atom. The third-order valence-electron chi connectivity index (χ3n) is 2.87. The molecule has 1 atom stereocenters. The summed E-state index contributed by atoms with van der Waals surface area (Å²) in [6.07, 6.45) is 1.22. The monoisotopic (exact) mass is 345 g/mol. The maximum Gasteiger partial charge on any atom is 0.365 e. The zero-order valence-corrected chi connectivity index (χ0v) is 13.1. The zero-order chi connectivity index (χ0) is 15.6. The van der Waals surface area contributed by atoms with Gasteiger partial charge in [-0.2, -0.15) is 0 Å². The predicted octanol–water partition coefficient (Wildman–Crippen LogP) is 3.51. The molecular weight excluding hydrogens is 337 g/mol. The minimum Gasteiger partial charge on any atom is -0.312 e. The Kier molecular flexibility index (Phi) is 4.71. The Bertz CT molecular complexity index is 638. The Morgan fingerprint density at radius 3 is 2.52 bits per heavy atom. The van der Waals surface area contributed by atoms with Gasteiger partial charge in [-0.15, -0.1) is 11.6 Å². The summed E-state index contributed by atoms with van der Waals surface area (Å²) in [6, 6.07) is 8.33. The van der Waals surface area contributed by atoms with Crippen LogP contribution in [0.2, 0.25) is 0 Å². The summed E-state index contributed by atoms with van der Waals surface area (Å²) in [5.74, 6) is -1.18. The Balaban J connectivity index is 2.23. The highest BCUT2D eigenvalue weighted by atomic mass is 35.5. The lowest BCUT2D eigenvalue weighted by molar-refractivity contribution is -0.115. The van der Waals surface area contributed by atoms with Crippen molar-refractivity contribution in [1.29, 1.82) is 0 Å². The summed E-state index contributed by atoms with van der Waals surface area (Å²) < 4.78 is -1.83. The van der Waals surface area contributed by atoms with Crippen LogP contribution in [-0.4, -0.2) is 27.2 Å². The van der Waals surface area contributed by atoms with Crippen LogP contribution in [0.15, 0.2) is 47.1 Å². The third kappa shape index (κ3) is 3.28. The molecule has 0 radical (unpaired) electrons. The number of rotatable bonds is 2. The molecule has 110 valence electrons. The first kappa shape index (κ1) is 16.0. The second kappa shape index (κ2) is 6.18. The van der Waals surface area contributed by atoms with Crippen LogP contribution < -0.4 is 0 Å². The molecule has 1 aliphatic rings. The van der Waals surface area contributed by atoms with Gasteiger partial charge in [0.1, 0.15) is 11.1 Å². The number of carbonyl (C=O) groups excluding carboxylic acids is 2. The summed E-state index contributed by atoms with van der Waals surface area (Å²) in [7, 11) is 0. The molecular formula is C14H10Cl3NO3. The van der Waals surface area contributed by atoms with E-state index in [1.807, 2.05) is 0 Å². The van der Waals surface area contributed by atoms with Crippen molar-refractivity contribution in [2.45, 2.75) is 16.6 Å². The van der Waals surface area contributed by atoms with Crippen molar-refractivity contribution in [3.05, 3.63) is 47.5 Å². The fourth-order valence-corrected chi connectivity index (χ4v) is 2.33. The molecule has 7 heteroatoms. The van der Waals surface area contributed by atoms with Gasteiger partial charge in [-0.1, -0.05) is 46.6 Å². The summed E-state index contributed by atoms with van der Waals surface area (Å²) >= 11 is 17.8. The van der Waals surface area contributed by atoms with E-state index in [9.17, 15) is 9.59 Å². The van der Waals surface area contributed by atoms with Crippen molar-refractivity contribution in [2.24, 2.45) is 5.16 Å². The lowest BCUT2D eigenvalue weighted by Crippen LogP contribution is -2.44. The smallest absolute Gasteiger partial charge is 0.312 e. The molecule has 0 bridgehead atoms. The lowest BCUT2D eigenvalue weighted by Gasteiger charge is -2.27. The Hall–Kier alpha value is -1.36. The van der Waals surface area contributed by atoms with E-state index < -0.39 is 21.5 Å². The van der Waals surface area contributed by atoms with E-state index >= 15 is 0 Å². The van der Waals surface area contributed by atoms with Gasteiger partial charge in [0.2, 0.25) is 4.33 Å². The molecule has 2 rings (SSSR count). The van der Waals surface area contributed by atoms with Gasteiger partial charge >= 0.3 is 5.97 Å². The quantitative estimate of drug-likeness (QED) is 0.468. The summed E-state index contributed by atoms with van der Waals surface area (Å²) in [6.45, 7) is 1.60. The van der Waals surface area contributed by atoms with Gasteiger partial charge in [-0.3, -0.25) is 4.79 Å². The molecule has 1 aromatic rings. The van der Waals surface area contributed by atoms with Crippen LogP contribution >= 0.6 is 34.8 Å². The average molecular weight is 347 g/mol. The van der Waals surface area contributed by atoms with Crippen molar-refractivity contribution in [1.82, 2.24) is 0 Å². The van der Waals surface area contributed by atoms with Crippen molar-refractivity contribution >= 4 is 52.3 Å². The van der Waals surface area contributed by atoms with Gasteiger partial charge < -0.3 is 4.84 Å². The van der Waals surface area contributed by atoms with E-state index in [1.54, 1.807) is 37.3 Å². The summed E-state index contributed by atoms with van der Waals surface area (Å²) in [5, 5.41) is 2.59. The van der Waals surface area contributed by atoms with E-state index in [0.717, 1.165) is 0 Å². The molecule has 0 amide bonds. The molecule has 0 fully saturated rings. The van der Waals surface area contributed by atoms with Crippen LogP contribution in [0, 0.1) is 0 Å². The van der Waals surface area contributed by atoms with Crippen molar-refractivity contribution in [2.75, 3.05) is 0 Å². The number of oxime groups is 1. The summed E-state index contributed by atoms with van der Waals surface area (Å²) in [4.78, 5) is 28.3. The van der Waals surface area contributed by atoms with Gasteiger partial charge in [0.15, 0.2) is 5.78 Å². The molecule has 0 N–H and O–H groups in total. The number of hydrogen-bond acceptors (Lipinski definition) is 4. The molecule has 21 heavy (non-hydrogen) atoms. The first-order valence-electron chi connectivity index (χ1n) is 5.93. The molecule has 0 saturated carbocycles. The Labute approximate surface area is 136 Å². The largest absolute Gasteiger partial charge is 0.365 e. The standard InChI is InChI=1S/C14H10Cl3NO3/c1-8-7-10(19)14(16,17)12(15)11(8)18-21-13(20)9-5-3-2-4-6-9/h2-7,12H,1H3. The number of benzene rings is 1. The first-order valence-corrected chi connectivity index (χ1v) is 7.12. The second-order valence-corrected chi connectivity index (χ2v) is 6.22. The van der Waals surface area contributed by atoms with E-state index in [1.165, 1.54) is 6.08 Å². The topological polar surface area (TPSA) is 55.7 Å². The number of hydrogen-bond donors (Lipinski definition) is 0. The molecule has 1 aromatic carbocycles. The van der Waals surface area contributed by atoms with Gasteiger partial charge in [0.25, 0.3) is 0 Å². The molecule has 0 heterocycles. The molecule has 1 unspecified atom stereocenters. The predicted molar refractivity (Wildman–Crippen MR) is 82.1 cm³/mol. The zero-order valence-electron chi connectivity index (χ0n) is 10.8. The van der Waals surface area contributed by atoms with Gasteiger partial charge in [-0.25, -0.2) is 4.79 Å². The highest BCUT2D eigenvalue weighted by Gasteiger charge is 2.47. The number of allylic oxidation sites excluding steroid dienone is 2. The third-order valence-corrected chi connectivity index (χ3v) is 4.44. The minimum absolute atomic E-state index is 0.144. The van der Waals surface area contributed by atoms with Crippen molar-refractivity contribution in [3.8, 4) is 0 Å². The molecule has 0 aromatic heterocycles. The van der Waals surface area contributed by atoms with Crippen LogP contribution in [0.1, 0.15) is 17.3 Å². The number of alkyl halides is 3. The second-order valence-electron chi connectivity index (χ2n) is 4.40. The highest BCUT2D eigenvalue weighted by Crippen LogP contribution is 2.37. The molecule has 0 aliphatic heterocycles. The number of halogens is 3. The molecule has 0 saturated heterocycles. The van der Waals surface area contributed by atoms with E-state index in [4.69, 9.17) is 39.6 Å². The average Bonchev–Trinajstić information content (AvgIpc) is 2.46. The lowest BCUT2D eigenvalue weighted by atomic mass is 9.96. The number of carbonyl (C=O) groups is 2. The SMILES string of the molecule is CC1=CC(=O)C(Cl)(Cl)C(Cl)C1=NOC(=O)c1ccccc1. The van der Waals surface area contributed by atoms with Crippen LogP contribution in [0.5, 0.6) is 0 Å². The maximum atomic E-state index is 11.8.